The normalized spacial score (nSPS) is 25.9. The molecule has 0 saturated heterocycles. The lowest BCUT2D eigenvalue weighted by molar-refractivity contribution is -0.116. The first-order chi connectivity index (χ1) is 9.48. The summed E-state index contributed by atoms with van der Waals surface area (Å²) in [5.74, 6) is 0.904. The van der Waals surface area contributed by atoms with Crippen LogP contribution in [0.25, 0.3) is 0 Å². The van der Waals surface area contributed by atoms with Gasteiger partial charge in [-0.15, -0.1) is 0 Å². The Hall–Kier alpha value is -1.06. The first-order valence-corrected chi connectivity index (χ1v) is 7.50. The zero-order valence-electron chi connectivity index (χ0n) is 13.3. The van der Waals surface area contributed by atoms with E-state index < -0.39 is 0 Å². The van der Waals surface area contributed by atoms with E-state index in [1.165, 1.54) is 5.56 Å². The van der Waals surface area contributed by atoms with Crippen molar-refractivity contribution in [2.75, 3.05) is 13.7 Å². The zero-order chi connectivity index (χ0) is 14.8. The van der Waals surface area contributed by atoms with Crippen LogP contribution in [0.15, 0.2) is 24.3 Å². The van der Waals surface area contributed by atoms with Crippen LogP contribution in [0.2, 0.25) is 0 Å². The fraction of sp³-hybridized carbons (Fsp3) is 0.647. The summed E-state index contributed by atoms with van der Waals surface area (Å²) >= 11 is 0. The molecule has 3 heteroatoms. The Kier molecular flexibility index (Phi) is 4.71. The number of benzene rings is 1. The van der Waals surface area contributed by atoms with Crippen molar-refractivity contribution < 1.29 is 9.47 Å². The minimum atomic E-state index is 0.205. The van der Waals surface area contributed by atoms with Gasteiger partial charge in [-0.1, -0.05) is 26.0 Å². The van der Waals surface area contributed by atoms with Crippen LogP contribution >= 0.6 is 0 Å². The van der Waals surface area contributed by atoms with Crippen LogP contribution in [0.1, 0.15) is 45.7 Å². The highest BCUT2D eigenvalue weighted by Gasteiger charge is 2.49. The summed E-state index contributed by atoms with van der Waals surface area (Å²) < 4.78 is 11.0. The Labute approximate surface area is 122 Å². The van der Waals surface area contributed by atoms with Crippen molar-refractivity contribution in [1.29, 1.82) is 0 Å². The van der Waals surface area contributed by atoms with Gasteiger partial charge in [-0.2, -0.15) is 0 Å². The number of methoxy groups -OCH3 is 1. The monoisotopic (exact) mass is 277 g/mol. The van der Waals surface area contributed by atoms with Crippen LogP contribution < -0.4 is 10.1 Å². The van der Waals surface area contributed by atoms with E-state index in [0.717, 1.165) is 18.8 Å². The van der Waals surface area contributed by atoms with E-state index in [9.17, 15) is 0 Å². The Morgan fingerprint density at radius 1 is 1.30 bits per heavy atom. The van der Waals surface area contributed by atoms with Gasteiger partial charge in [-0.25, -0.2) is 0 Å². The third-order valence-electron chi connectivity index (χ3n) is 4.61. The maximum Gasteiger partial charge on any atom is 0.118 e. The fourth-order valence-electron chi connectivity index (χ4n) is 2.94. The van der Waals surface area contributed by atoms with E-state index in [4.69, 9.17) is 9.47 Å². The molecule has 0 bridgehead atoms. The second-order valence-electron chi connectivity index (χ2n) is 6.22. The summed E-state index contributed by atoms with van der Waals surface area (Å²) in [6.45, 7) is 9.65. The molecule has 1 aliphatic rings. The second kappa shape index (κ2) is 6.15. The zero-order valence-corrected chi connectivity index (χ0v) is 13.3. The molecular formula is C17H27NO2. The van der Waals surface area contributed by atoms with Crippen molar-refractivity contribution in [2.24, 2.45) is 5.41 Å². The van der Waals surface area contributed by atoms with Crippen LogP contribution in [-0.4, -0.2) is 25.9 Å². The average molecular weight is 277 g/mol. The molecule has 3 nitrogen and oxygen atoms in total. The van der Waals surface area contributed by atoms with Gasteiger partial charge in [-0.3, -0.25) is 0 Å². The molecule has 0 amide bonds. The molecule has 1 N–H and O–H groups in total. The summed E-state index contributed by atoms with van der Waals surface area (Å²) in [6.07, 6.45) is 1.48. The molecule has 112 valence electrons. The van der Waals surface area contributed by atoms with Crippen molar-refractivity contribution in [1.82, 2.24) is 5.32 Å². The van der Waals surface area contributed by atoms with E-state index in [-0.39, 0.29) is 5.41 Å². The fourth-order valence-corrected chi connectivity index (χ4v) is 2.94. The van der Waals surface area contributed by atoms with Crippen LogP contribution in [0, 0.1) is 5.41 Å². The molecule has 3 unspecified atom stereocenters. The molecule has 1 fully saturated rings. The lowest BCUT2D eigenvalue weighted by Gasteiger charge is -2.52. The van der Waals surface area contributed by atoms with Gasteiger partial charge in [0, 0.05) is 24.1 Å². The lowest BCUT2D eigenvalue weighted by atomic mass is 9.64. The number of nitrogens with one attached hydrogen (secondary N) is 1. The molecule has 0 heterocycles. The van der Waals surface area contributed by atoms with Crippen molar-refractivity contribution >= 4 is 0 Å². The maximum absolute atomic E-state index is 5.78. The summed E-state index contributed by atoms with van der Waals surface area (Å²) in [5, 5.41) is 3.73. The van der Waals surface area contributed by atoms with Gasteiger partial charge in [0.05, 0.1) is 13.2 Å². The minimum Gasteiger partial charge on any atom is -0.497 e. The minimum absolute atomic E-state index is 0.205. The first-order valence-electron chi connectivity index (χ1n) is 7.50. The Balaban J connectivity index is 1.93. The molecule has 0 aromatic heterocycles. The topological polar surface area (TPSA) is 30.5 Å². The summed E-state index contributed by atoms with van der Waals surface area (Å²) in [5.41, 5.74) is 1.50. The molecule has 20 heavy (non-hydrogen) atoms. The molecular weight excluding hydrogens is 250 g/mol. The quantitative estimate of drug-likeness (QED) is 0.862. The average Bonchev–Trinajstić information content (AvgIpc) is 2.46. The molecule has 2 rings (SSSR count). The van der Waals surface area contributed by atoms with E-state index in [2.05, 4.69) is 45.1 Å². The standard InChI is InChI=1S/C17H27NO2/c1-6-20-16-11-15(17(16,3)4)18-12(2)13-7-9-14(19-5)10-8-13/h7-10,12,15-16,18H,6,11H2,1-5H3. The molecule has 3 atom stereocenters. The van der Waals surface area contributed by atoms with E-state index >= 15 is 0 Å². The van der Waals surface area contributed by atoms with Crippen molar-refractivity contribution in [3.05, 3.63) is 29.8 Å². The smallest absolute Gasteiger partial charge is 0.118 e. The van der Waals surface area contributed by atoms with Crippen LogP contribution in [-0.2, 0) is 4.74 Å². The highest BCUT2D eigenvalue weighted by atomic mass is 16.5. The summed E-state index contributed by atoms with van der Waals surface area (Å²) in [7, 11) is 1.70. The third kappa shape index (κ3) is 2.99. The molecule has 1 saturated carbocycles. The van der Waals surface area contributed by atoms with Crippen molar-refractivity contribution in [3.8, 4) is 5.75 Å². The molecule has 0 radical (unpaired) electrons. The predicted octanol–water partition coefficient (Wildman–Crippen LogP) is 3.55. The Morgan fingerprint density at radius 2 is 1.95 bits per heavy atom. The Bertz CT molecular complexity index is 427. The third-order valence-corrected chi connectivity index (χ3v) is 4.61. The van der Waals surface area contributed by atoms with Gasteiger partial charge in [0.15, 0.2) is 0 Å². The van der Waals surface area contributed by atoms with Crippen LogP contribution in [0.4, 0.5) is 0 Å². The molecule has 1 aliphatic carbocycles. The van der Waals surface area contributed by atoms with Crippen LogP contribution in [0.3, 0.4) is 0 Å². The summed E-state index contributed by atoms with van der Waals surface area (Å²) in [6, 6.07) is 9.14. The number of rotatable bonds is 6. The van der Waals surface area contributed by atoms with Gasteiger partial charge >= 0.3 is 0 Å². The predicted molar refractivity (Wildman–Crippen MR) is 82.1 cm³/mol. The van der Waals surface area contributed by atoms with Gasteiger partial charge < -0.3 is 14.8 Å². The van der Waals surface area contributed by atoms with E-state index in [1.54, 1.807) is 7.11 Å². The van der Waals surface area contributed by atoms with Gasteiger partial charge in [0.1, 0.15) is 5.75 Å². The highest BCUT2D eigenvalue weighted by Crippen LogP contribution is 2.43. The van der Waals surface area contributed by atoms with Gasteiger partial charge in [0.2, 0.25) is 0 Å². The highest BCUT2D eigenvalue weighted by molar-refractivity contribution is 5.29. The van der Waals surface area contributed by atoms with Gasteiger partial charge in [0.25, 0.3) is 0 Å². The largest absolute Gasteiger partial charge is 0.497 e. The molecule has 1 aromatic rings. The van der Waals surface area contributed by atoms with E-state index in [0.29, 0.717) is 18.2 Å². The molecule has 1 aromatic carbocycles. The van der Waals surface area contributed by atoms with Crippen LogP contribution in [0.5, 0.6) is 5.75 Å². The Morgan fingerprint density at radius 3 is 2.45 bits per heavy atom. The molecule has 0 aliphatic heterocycles. The van der Waals surface area contributed by atoms with Crippen molar-refractivity contribution in [3.63, 3.8) is 0 Å². The van der Waals surface area contributed by atoms with E-state index in [1.807, 2.05) is 12.1 Å². The number of hydrogen-bond acceptors (Lipinski definition) is 3. The number of hydrogen-bond donors (Lipinski definition) is 1. The van der Waals surface area contributed by atoms with Gasteiger partial charge in [-0.05, 0) is 38.0 Å². The van der Waals surface area contributed by atoms with Crippen molar-refractivity contribution in [2.45, 2.75) is 52.3 Å². The second-order valence-corrected chi connectivity index (χ2v) is 6.22. The number of ether oxygens (including phenoxy) is 2. The summed E-state index contributed by atoms with van der Waals surface area (Å²) in [4.78, 5) is 0. The first kappa shape index (κ1) is 15.3. The lowest BCUT2D eigenvalue weighted by Crippen LogP contribution is -2.61. The maximum atomic E-state index is 5.78. The SMILES string of the molecule is CCOC1CC(NC(C)c2ccc(OC)cc2)C1(C)C. The molecule has 0 spiro atoms.